The molecule has 2 rings (SSSR count). The summed E-state index contributed by atoms with van der Waals surface area (Å²) in [6.45, 7) is 8.87. The van der Waals surface area contributed by atoms with E-state index in [1.165, 1.54) is 11.1 Å². The molecule has 1 aliphatic rings. The van der Waals surface area contributed by atoms with Crippen LogP contribution in [0.25, 0.3) is 0 Å². The summed E-state index contributed by atoms with van der Waals surface area (Å²) in [7, 11) is 1.74. The Balaban J connectivity index is 2.06. The van der Waals surface area contributed by atoms with Crippen LogP contribution in [-0.2, 0) is 16.6 Å². The molecule has 1 fully saturated rings. The minimum atomic E-state index is 0.114. The number of hydrogen-bond acceptors (Lipinski definition) is 2. The molecule has 1 aliphatic heterocycles. The molecule has 2 nitrogen and oxygen atoms in total. The second-order valence-electron chi connectivity index (χ2n) is 6.44. The van der Waals surface area contributed by atoms with Crippen molar-refractivity contribution in [3.05, 3.63) is 29.3 Å². The molecule has 1 heterocycles. The first kappa shape index (κ1) is 14.4. The van der Waals surface area contributed by atoms with Gasteiger partial charge in [-0.1, -0.05) is 39.8 Å². The molecule has 2 unspecified atom stereocenters. The average Bonchev–Trinajstić information content (AvgIpc) is 3.13. The standard InChI is InChI=1S/C17H26O2/c1-6-14-16(19-14)10-8-12-7-9-15(18-5)13(11-12)17(2,3)4/h7,9,11,14,16H,6,8,10H2,1-5H3. The van der Waals surface area contributed by atoms with Crippen molar-refractivity contribution in [3.8, 4) is 5.75 Å². The third-order valence-corrected chi connectivity index (χ3v) is 3.88. The molecule has 0 N–H and O–H groups in total. The maximum Gasteiger partial charge on any atom is 0.122 e. The van der Waals surface area contributed by atoms with Crippen LogP contribution in [0.5, 0.6) is 5.75 Å². The summed E-state index contributed by atoms with van der Waals surface area (Å²) in [4.78, 5) is 0. The van der Waals surface area contributed by atoms with E-state index < -0.39 is 0 Å². The molecule has 1 saturated heterocycles. The molecule has 0 aliphatic carbocycles. The minimum Gasteiger partial charge on any atom is -0.496 e. The Labute approximate surface area is 117 Å². The van der Waals surface area contributed by atoms with Gasteiger partial charge < -0.3 is 9.47 Å². The van der Waals surface area contributed by atoms with Gasteiger partial charge in [0.2, 0.25) is 0 Å². The van der Waals surface area contributed by atoms with E-state index in [0.29, 0.717) is 12.2 Å². The monoisotopic (exact) mass is 262 g/mol. The van der Waals surface area contributed by atoms with E-state index in [1.54, 1.807) is 7.11 Å². The van der Waals surface area contributed by atoms with Crippen LogP contribution in [0, 0.1) is 0 Å². The quantitative estimate of drug-likeness (QED) is 0.745. The van der Waals surface area contributed by atoms with Crippen molar-refractivity contribution in [1.82, 2.24) is 0 Å². The highest BCUT2D eigenvalue weighted by atomic mass is 16.6. The van der Waals surface area contributed by atoms with E-state index in [0.717, 1.165) is 25.0 Å². The first-order chi connectivity index (χ1) is 8.95. The second-order valence-corrected chi connectivity index (χ2v) is 6.44. The summed E-state index contributed by atoms with van der Waals surface area (Å²) in [5.41, 5.74) is 2.79. The lowest BCUT2D eigenvalue weighted by atomic mass is 9.85. The zero-order valence-corrected chi connectivity index (χ0v) is 12.8. The summed E-state index contributed by atoms with van der Waals surface area (Å²) < 4.78 is 11.1. The van der Waals surface area contributed by atoms with Gasteiger partial charge in [-0.3, -0.25) is 0 Å². The summed E-state index contributed by atoms with van der Waals surface area (Å²) in [5, 5.41) is 0. The summed E-state index contributed by atoms with van der Waals surface area (Å²) in [5.74, 6) is 0.991. The van der Waals surface area contributed by atoms with Crippen LogP contribution < -0.4 is 4.74 Å². The van der Waals surface area contributed by atoms with Gasteiger partial charge in [0.25, 0.3) is 0 Å². The van der Waals surface area contributed by atoms with Gasteiger partial charge in [-0.15, -0.1) is 0 Å². The summed E-state index contributed by atoms with van der Waals surface area (Å²) in [6.07, 6.45) is 4.37. The number of ether oxygens (including phenoxy) is 2. The molecule has 1 aromatic rings. The zero-order chi connectivity index (χ0) is 14.0. The number of epoxide rings is 1. The molecule has 2 heteroatoms. The normalized spacial score (nSPS) is 22.4. The van der Waals surface area contributed by atoms with Crippen LogP contribution in [0.1, 0.15) is 51.7 Å². The highest BCUT2D eigenvalue weighted by molar-refractivity contribution is 5.41. The fourth-order valence-electron chi connectivity index (χ4n) is 2.60. The van der Waals surface area contributed by atoms with E-state index >= 15 is 0 Å². The van der Waals surface area contributed by atoms with E-state index in [1.807, 2.05) is 0 Å². The number of hydrogen-bond donors (Lipinski definition) is 0. The van der Waals surface area contributed by atoms with Gasteiger partial charge in [-0.25, -0.2) is 0 Å². The lowest BCUT2D eigenvalue weighted by molar-refractivity contribution is 0.359. The molecule has 0 spiro atoms. The van der Waals surface area contributed by atoms with E-state index in [9.17, 15) is 0 Å². The number of methoxy groups -OCH3 is 1. The average molecular weight is 262 g/mol. The lowest BCUT2D eigenvalue weighted by Gasteiger charge is -2.23. The van der Waals surface area contributed by atoms with E-state index in [4.69, 9.17) is 9.47 Å². The summed E-state index contributed by atoms with van der Waals surface area (Å²) in [6, 6.07) is 6.57. The van der Waals surface area contributed by atoms with Crippen LogP contribution >= 0.6 is 0 Å². The van der Waals surface area contributed by atoms with Crippen LogP contribution in [0.3, 0.4) is 0 Å². The Morgan fingerprint density at radius 2 is 1.95 bits per heavy atom. The highest BCUT2D eigenvalue weighted by Gasteiger charge is 2.36. The Bertz CT molecular complexity index is 431. The maximum atomic E-state index is 5.61. The predicted molar refractivity (Wildman–Crippen MR) is 79.0 cm³/mol. The van der Waals surface area contributed by atoms with Crippen LogP contribution in [0.4, 0.5) is 0 Å². The number of rotatable bonds is 5. The molecule has 0 saturated carbocycles. The highest BCUT2D eigenvalue weighted by Crippen LogP contribution is 2.33. The maximum absolute atomic E-state index is 5.61. The van der Waals surface area contributed by atoms with Gasteiger partial charge in [-0.05, 0) is 41.9 Å². The van der Waals surface area contributed by atoms with E-state index in [2.05, 4.69) is 45.9 Å². The number of aryl methyl sites for hydroxylation is 1. The molecule has 0 aromatic heterocycles. The molecule has 0 bridgehead atoms. The fraction of sp³-hybridized carbons (Fsp3) is 0.647. The number of benzene rings is 1. The SMILES string of the molecule is CCC1OC1CCc1ccc(OC)c(C(C)(C)C)c1. The molecular weight excluding hydrogens is 236 g/mol. The summed E-state index contributed by atoms with van der Waals surface area (Å²) >= 11 is 0. The first-order valence-corrected chi connectivity index (χ1v) is 7.28. The van der Waals surface area contributed by atoms with Gasteiger partial charge >= 0.3 is 0 Å². The van der Waals surface area contributed by atoms with Crippen molar-refractivity contribution in [3.63, 3.8) is 0 Å². The molecule has 19 heavy (non-hydrogen) atoms. The Kier molecular flexibility index (Phi) is 4.19. The smallest absolute Gasteiger partial charge is 0.122 e. The van der Waals surface area contributed by atoms with Crippen LogP contribution in [0.15, 0.2) is 18.2 Å². The van der Waals surface area contributed by atoms with Gasteiger partial charge in [0.1, 0.15) is 5.75 Å². The van der Waals surface area contributed by atoms with Crippen LogP contribution in [0.2, 0.25) is 0 Å². The van der Waals surface area contributed by atoms with Crippen molar-refractivity contribution in [2.45, 2.75) is 64.6 Å². The van der Waals surface area contributed by atoms with Gasteiger partial charge in [0.05, 0.1) is 19.3 Å². The minimum absolute atomic E-state index is 0.114. The predicted octanol–water partition coefficient (Wildman–Crippen LogP) is 4.10. The zero-order valence-electron chi connectivity index (χ0n) is 12.8. The van der Waals surface area contributed by atoms with Gasteiger partial charge in [0, 0.05) is 0 Å². The van der Waals surface area contributed by atoms with Crippen LogP contribution in [-0.4, -0.2) is 19.3 Å². The third-order valence-electron chi connectivity index (χ3n) is 3.88. The van der Waals surface area contributed by atoms with Crippen molar-refractivity contribution < 1.29 is 9.47 Å². The molecule has 0 radical (unpaired) electrons. The van der Waals surface area contributed by atoms with Gasteiger partial charge in [-0.2, -0.15) is 0 Å². The molecule has 0 amide bonds. The second kappa shape index (κ2) is 5.54. The van der Waals surface area contributed by atoms with Crippen molar-refractivity contribution in [2.24, 2.45) is 0 Å². The largest absolute Gasteiger partial charge is 0.496 e. The fourth-order valence-corrected chi connectivity index (χ4v) is 2.60. The lowest BCUT2D eigenvalue weighted by Crippen LogP contribution is -2.13. The van der Waals surface area contributed by atoms with E-state index in [-0.39, 0.29) is 5.41 Å². The van der Waals surface area contributed by atoms with Gasteiger partial charge in [0.15, 0.2) is 0 Å². The van der Waals surface area contributed by atoms with Crippen molar-refractivity contribution in [2.75, 3.05) is 7.11 Å². The van der Waals surface area contributed by atoms with Crippen molar-refractivity contribution in [1.29, 1.82) is 0 Å². The molecule has 2 atom stereocenters. The van der Waals surface area contributed by atoms with Crippen molar-refractivity contribution >= 4 is 0 Å². The molecular formula is C17H26O2. The molecule has 1 aromatic carbocycles. The topological polar surface area (TPSA) is 21.8 Å². The Morgan fingerprint density at radius 1 is 1.21 bits per heavy atom. The Hall–Kier alpha value is -1.02. The molecule has 106 valence electrons. The Morgan fingerprint density at radius 3 is 2.47 bits per heavy atom. The first-order valence-electron chi connectivity index (χ1n) is 7.28. The third kappa shape index (κ3) is 3.50.